The fourth-order valence-corrected chi connectivity index (χ4v) is 1.85. The summed E-state index contributed by atoms with van der Waals surface area (Å²) in [5.74, 6) is -1.35. The zero-order valence-corrected chi connectivity index (χ0v) is 12.4. The first-order valence-corrected chi connectivity index (χ1v) is 6.60. The zero-order valence-electron chi connectivity index (χ0n) is 11.6. The van der Waals surface area contributed by atoms with Gasteiger partial charge in [-0.05, 0) is 24.3 Å². The number of rotatable bonds is 3. The molecule has 1 aromatic heterocycles. The molecule has 0 radical (unpaired) electrons. The van der Waals surface area contributed by atoms with Gasteiger partial charge in [0, 0.05) is 13.0 Å². The first kappa shape index (κ1) is 16.9. The van der Waals surface area contributed by atoms with Crippen LogP contribution in [0.3, 0.4) is 0 Å². The Morgan fingerprint density at radius 2 is 1.83 bits per heavy atom. The summed E-state index contributed by atoms with van der Waals surface area (Å²) >= 11 is 5.78. The first-order chi connectivity index (χ1) is 10.7. The number of amides is 2. The summed E-state index contributed by atoms with van der Waals surface area (Å²) in [4.78, 5) is 22.8. The fourth-order valence-electron chi connectivity index (χ4n) is 1.68. The van der Waals surface area contributed by atoms with E-state index in [1.807, 2.05) is 0 Å². The minimum atomic E-state index is -4.56. The van der Waals surface area contributed by atoms with Crippen molar-refractivity contribution in [2.24, 2.45) is 0 Å². The van der Waals surface area contributed by atoms with Crippen molar-refractivity contribution in [3.63, 3.8) is 0 Å². The van der Waals surface area contributed by atoms with Crippen LogP contribution in [0, 0.1) is 0 Å². The molecule has 0 aliphatic rings. The van der Waals surface area contributed by atoms with E-state index < -0.39 is 23.6 Å². The topological polar surface area (TPSA) is 71.3 Å². The summed E-state index contributed by atoms with van der Waals surface area (Å²) in [6, 6.07) is 5.16. The van der Waals surface area contributed by atoms with Crippen LogP contribution in [0.15, 0.2) is 34.7 Å². The SMILES string of the molecule is CC(=O)Nc1ccc(C(=O)Nc2cc(C(F)(F)F)ccc2Cl)o1. The van der Waals surface area contributed by atoms with E-state index in [1.165, 1.54) is 19.1 Å². The van der Waals surface area contributed by atoms with Crippen LogP contribution < -0.4 is 10.6 Å². The third-order valence-electron chi connectivity index (χ3n) is 2.67. The highest BCUT2D eigenvalue weighted by Crippen LogP contribution is 2.34. The normalized spacial score (nSPS) is 11.2. The molecule has 2 aromatic rings. The number of carbonyl (C=O) groups is 2. The van der Waals surface area contributed by atoms with Crippen molar-refractivity contribution in [3.05, 3.63) is 46.7 Å². The van der Waals surface area contributed by atoms with Crippen molar-refractivity contribution >= 4 is 35.0 Å². The maximum Gasteiger partial charge on any atom is 0.416 e. The van der Waals surface area contributed by atoms with E-state index in [2.05, 4.69) is 10.6 Å². The monoisotopic (exact) mass is 346 g/mol. The minimum absolute atomic E-state index is 0.0396. The van der Waals surface area contributed by atoms with Gasteiger partial charge in [0.1, 0.15) is 0 Å². The van der Waals surface area contributed by atoms with Crippen LogP contribution >= 0.6 is 11.6 Å². The second kappa shape index (κ2) is 6.33. The van der Waals surface area contributed by atoms with Crippen LogP contribution in [-0.2, 0) is 11.0 Å². The van der Waals surface area contributed by atoms with Gasteiger partial charge in [-0.15, -0.1) is 0 Å². The highest BCUT2D eigenvalue weighted by Gasteiger charge is 2.31. The summed E-state index contributed by atoms with van der Waals surface area (Å²) in [6.07, 6.45) is -4.56. The summed E-state index contributed by atoms with van der Waals surface area (Å²) in [5, 5.41) is 4.50. The van der Waals surface area contributed by atoms with Crippen molar-refractivity contribution < 1.29 is 27.2 Å². The molecule has 23 heavy (non-hydrogen) atoms. The molecule has 1 heterocycles. The predicted octanol–water partition coefficient (Wildman–Crippen LogP) is 4.16. The van der Waals surface area contributed by atoms with E-state index in [0.29, 0.717) is 0 Å². The smallest absolute Gasteiger partial charge is 0.416 e. The lowest BCUT2D eigenvalue weighted by atomic mass is 10.2. The number of anilines is 2. The number of hydrogen-bond acceptors (Lipinski definition) is 3. The van der Waals surface area contributed by atoms with Crippen LogP contribution in [0.1, 0.15) is 23.0 Å². The minimum Gasteiger partial charge on any atom is -0.435 e. The molecule has 0 atom stereocenters. The van der Waals surface area contributed by atoms with Gasteiger partial charge in [0.2, 0.25) is 5.91 Å². The molecule has 2 rings (SSSR count). The fraction of sp³-hybridized carbons (Fsp3) is 0.143. The lowest BCUT2D eigenvalue weighted by molar-refractivity contribution is -0.137. The Morgan fingerprint density at radius 3 is 2.43 bits per heavy atom. The van der Waals surface area contributed by atoms with E-state index >= 15 is 0 Å². The molecule has 122 valence electrons. The number of carbonyl (C=O) groups excluding carboxylic acids is 2. The van der Waals surface area contributed by atoms with Gasteiger partial charge >= 0.3 is 6.18 Å². The van der Waals surface area contributed by atoms with Crippen molar-refractivity contribution in [3.8, 4) is 0 Å². The van der Waals surface area contributed by atoms with E-state index in [1.54, 1.807) is 0 Å². The van der Waals surface area contributed by atoms with E-state index in [4.69, 9.17) is 16.0 Å². The maximum absolute atomic E-state index is 12.7. The zero-order chi connectivity index (χ0) is 17.2. The van der Waals surface area contributed by atoms with Crippen LogP contribution in [-0.4, -0.2) is 11.8 Å². The second-order valence-corrected chi connectivity index (χ2v) is 4.90. The molecule has 9 heteroatoms. The maximum atomic E-state index is 12.7. The van der Waals surface area contributed by atoms with Gasteiger partial charge in [-0.25, -0.2) is 0 Å². The van der Waals surface area contributed by atoms with Crippen LogP contribution in [0.25, 0.3) is 0 Å². The Kier molecular flexibility index (Phi) is 4.65. The molecule has 0 fully saturated rings. The molecule has 0 aliphatic heterocycles. The van der Waals surface area contributed by atoms with E-state index in [9.17, 15) is 22.8 Å². The summed E-state index contributed by atoms with van der Waals surface area (Å²) in [5.41, 5.74) is -1.15. The molecular formula is C14H10ClF3N2O3. The summed E-state index contributed by atoms with van der Waals surface area (Å²) in [6.45, 7) is 1.25. The van der Waals surface area contributed by atoms with Crippen molar-refractivity contribution in [1.29, 1.82) is 0 Å². The average Bonchev–Trinajstić information content (AvgIpc) is 2.87. The quantitative estimate of drug-likeness (QED) is 0.876. The van der Waals surface area contributed by atoms with Gasteiger partial charge < -0.3 is 9.73 Å². The number of nitrogens with one attached hydrogen (secondary N) is 2. The van der Waals surface area contributed by atoms with E-state index in [0.717, 1.165) is 18.2 Å². The molecule has 0 spiro atoms. The molecule has 5 nitrogen and oxygen atoms in total. The Hall–Kier alpha value is -2.48. The van der Waals surface area contributed by atoms with Crippen molar-refractivity contribution in [1.82, 2.24) is 0 Å². The highest BCUT2D eigenvalue weighted by molar-refractivity contribution is 6.33. The molecule has 0 bridgehead atoms. The standard InChI is InChI=1S/C14H10ClF3N2O3/c1-7(21)19-12-5-4-11(23-12)13(22)20-10-6-8(14(16,17)18)2-3-9(10)15/h2-6H,1H3,(H,19,21)(H,20,22). The third kappa shape index (κ3) is 4.26. The van der Waals surface area contributed by atoms with Crippen LogP contribution in [0.2, 0.25) is 5.02 Å². The molecule has 0 saturated heterocycles. The van der Waals surface area contributed by atoms with Gasteiger partial charge in [0.05, 0.1) is 16.3 Å². The average molecular weight is 347 g/mol. The second-order valence-electron chi connectivity index (χ2n) is 4.49. The summed E-state index contributed by atoms with van der Waals surface area (Å²) in [7, 11) is 0. The van der Waals surface area contributed by atoms with Gasteiger partial charge in [0.15, 0.2) is 11.6 Å². The molecule has 2 N–H and O–H groups in total. The first-order valence-electron chi connectivity index (χ1n) is 6.22. The molecule has 0 saturated carbocycles. The van der Waals surface area contributed by atoms with Crippen molar-refractivity contribution in [2.75, 3.05) is 10.6 Å². The Morgan fingerprint density at radius 1 is 1.13 bits per heavy atom. The highest BCUT2D eigenvalue weighted by atomic mass is 35.5. The molecule has 0 unspecified atom stereocenters. The predicted molar refractivity (Wildman–Crippen MR) is 77.4 cm³/mol. The Balaban J connectivity index is 2.20. The number of benzene rings is 1. The number of alkyl halides is 3. The van der Waals surface area contributed by atoms with Crippen LogP contribution in [0.4, 0.5) is 24.7 Å². The third-order valence-corrected chi connectivity index (χ3v) is 3.00. The summed E-state index contributed by atoms with van der Waals surface area (Å²) < 4.78 is 43.1. The largest absolute Gasteiger partial charge is 0.435 e. The Labute approximate surface area is 133 Å². The Bertz CT molecular complexity index is 756. The van der Waals surface area contributed by atoms with E-state index in [-0.39, 0.29) is 22.4 Å². The van der Waals surface area contributed by atoms with Gasteiger partial charge in [0.25, 0.3) is 5.91 Å². The number of hydrogen-bond donors (Lipinski definition) is 2. The lowest BCUT2D eigenvalue weighted by Gasteiger charge is -2.11. The molecule has 0 aliphatic carbocycles. The lowest BCUT2D eigenvalue weighted by Crippen LogP contribution is -2.13. The number of furan rings is 1. The van der Waals surface area contributed by atoms with Crippen molar-refractivity contribution in [2.45, 2.75) is 13.1 Å². The molecule has 1 aromatic carbocycles. The van der Waals surface area contributed by atoms with Gasteiger partial charge in [-0.1, -0.05) is 11.6 Å². The van der Waals surface area contributed by atoms with Gasteiger partial charge in [-0.3, -0.25) is 14.9 Å². The van der Waals surface area contributed by atoms with Gasteiger partial charge in [-0.2, -0.15) is 13.2 Å². The number of halogens is 4. The molecule has 2 amide bonds. The molecular weight excluding hydrogens is 337 g/mol. The van der Waals surface area contributed by atoms with Crippen LogP contribution in [0.5, 0.6) is 0 Å².